The summed E-state index contributed by atoms with van der Waals surface area (Å²) in [5, 5.41) is 6.74. The lowest BCUT2D eigenvalue weighted by atomic mass is 10.2. The maximum atomic E-state index is 11.9. The van der Waals surface area contributed by atoms with Crippen molar-refractivity contribution >= 4 is 11.9 Å². The Kier molecular flexibility index (Phi) is 4.25. The molecule has 0 saturated carbocycles. The molecule has 0 spiro atoms. The van der Waals surface area contributed by atoms with Crippen LogP contribution in [0.15, 0.2) is 0 Å². The van der Waals surface area contributed by atoms with E-state index in [1.165, 1.54) is 7.11 Å². The molecule has 1 aromatic heterocycles. The van der Waals surface area contributed by atoms with Crippen LogP contribution in [0.5, 0.6) is 0 Å². The van der Waals surface area contributed by atoms with Gasteiger partial charge in [0.15, 0.2) is 0 Å². The molecule has 1 heterocycles. The molecule has 1 N–H and O–H groups in total. The lowest BCUT2D eigenvalue weighted by molar-refractivity contribution is -0.139. The first-order valence-corrected chi connectivity index (χ1v) is 5.40. The third-order valence-electron chi connectivity index (χ3n) is 2.53. The first-order chi connectivity index (χ1) is 8.01. The smallest absolute Gasteiger partial charge is 0.325 e. The van der Waals surface area contributed by atoms with E-state index >= 15 is 0 Å². The molecule has 0 aliphatic carbocycles. The van der Waals surface area contributed by atoms with Crippen molar-refractivity contribution in [2.75, 3.05) is 13.7 Å². The molecule has 94 valence electrons. The Bertz CT molecular complexity index is 437. The molecule has 1 rings (SSSR count). The number of esters is 1. The number of nitrogens with zero attached hydrogens (tertiary/aromatic N) is 2. The number of rotatable bonds is 4. The highest BCUT2D eigenvalue weighted by Crippen LogP contribution is 2.12. The van der Waals surface area contributed by atoms with Gasteiger partial charge in [0.25, 0.3) is 5.91 Å². The number of aryl methyl sites for hydroxylation is 2. The van der Waals surface area contributed by atoms with E-state index in [1.807, 2.05) is 13.8 Å². The second-order valence-electron chi connectivity index (χ2n) is 3.62. The van der Waals surface area contributed by atoms with Gasteiger partial charge in [0.1, 0.15) is 6.54 Å². The van der Waals surface area contributed by atoms with Gasteiger partial charge in [0, 0.05) is 12.2 Å². The van der Waals surface area contributed by atoms with Crippen molar-refractivity contribution in [3.05, 3.63) is 17.0 Å². The molecule has 0 fully saturated rings. The molecule has 0 saturated heterocycles. The Hall–Kier alpha value is -1.85. The number of hydrogen-bond donors (Lipinski definition) is 1. The van der Waals surface area contributed by atoms with Crippen LogP contribution in [0.1, 0.15) is 28.7 Å². The summed E-state index contributed by atoms with van der Waals surface area (Å²) < 4.78 is 6.20. The number of carbonyl (C=O) groups is 2. The van der Waals surface area contributed by atoms with Gasteiger partial charge in [-0.2, -0.15) is 5.10 Å². The van der Waals surface area contributed by atoms with Gasteiger partial charge >= 0.3 is 5.97 Å². The highest BCUT2D eigenvalue weighted by molar-refractivity contribution is 5.97. The number of carbonyl (C=O) groups excluding carboxylic acids is 2. The molecule has 6 nitrogen and oxygen atoms in total. The predicted molar refractivity (Wildman–Crippen MR) is 61.7 cm³/mol. The number of amides is 1. The summed E-state index contributed by atoms with van der Waals surface area (Å²) in [6.45, 7) is 6.13. The summed E-state index contributed by atoms with van der Waals surface area (Å²) in [5.41, 5.74) is 1.98. The molecular weight excluding hydrogens is 222 g/mol. The van der Waals surface area contributed by atoms with E-state index in [2.05, 4.69) is 15.2 Å². The van der Waals surface area contributed by atoms with E-state index in [0.29, 0.717) is 17.8 Å². The minimum Gasteiger partial charge on any atom is -0.468 e. The molecule has 1 amide bonds. The topological polar surface area (TPSA) is 73.2 Å². The van der Waals surface area contributed by atoms with Crippen molar-refractivity contribution in [3.63, 3.8) is 0 Å². The molecule has 6 heteroatoms. The zero-order valence-electron chi connectivity index (χ0n) is 10.5. The zero-order valence-corrected chi connectivity index (χ0v) is 10.5. The van der Waals surface area contributed by atoms with Gasteiger partial charge in [-0.3, -0.25) is 14.3 Å². The minimum absolute atomic E-state index is 0.133. The Morgan fingerprint density at radius 3 is 2.53 bits per heavy atom. The van der Waals surface area contributed by atoms with Gasteiger partial charge in [-0.05, 0) is 20.8 Å². The first kappa shape index (κ1) is 13.2. The van der Waals surface area contributed by atoms with E-state index in [0.717, 1.165) is 5.69 Å². The van der Waals surface area contributed by atoms with Crippen LogP contribution in [0, 0.1) is 13.8 Å². The summed E-state index contributed by atoms with van der Waals surface area (Å²) >= 11 is 0. The predicted octanol–water partition coefficient (Wildman–Crippen LogP) is 0.423. The summed E-state index contributed by atoms with van der Waals surface area (Å²) in [7, 11) is 1.28. The Labute approximate surface area is 99.9 Å². The van der Waals surface area contributed by atoms with Crippen LogP contribution in [0.3, 0.4) is 0 Å². The molecule has 17 heavy (non-hydrogen) atoms. The zero-order chi connectivity index (χ0) is 13.0. The number of nitrogens with one attached hydrogen (secondary N) is 1. The summed E-state index contributed by atoms with van der Waals surface area (Å²) in [6.07, 6.45) is 0. The molecule has 1 aromatic rings. The largest absolute Gasteiger partial charge is 0.468 e. The molecule has 0 unspecified atom stereocenters. The Morgan fingerprint density at radius 1 is 1.41 bits per heavy atom. The van der Waals surface area contributed by atoms with Crippen LogP contribution in [0.25, 0.3) is 0 Å². The fourth-order valence-corrected chi connectivity index (χ4v) is 1.65. The van der Waals surface area contributed by atoms with Crippen LogP contribution in [-0.2, 0) is 16.1 Å². The molecular formula is C11H17N3O3. The van der Waals surface area contributed by atoms with Crippen molar-refractivity contribution in [1.29, 1.82) is 0 Å². The SMILES string of the molecule is CCn1nc(C)c(C(=O)NCC(=O)OC)c1C. The maximum Gasteiger partial charge on any atom is 0.325 e. The standard InChI is InChI=1S/C11H17N3O3/c1-5-14-8(3)10(7(2)13-14)11(16)12-6-9(15)17-4/h5-6H2,1-4H3,(H,12,16). The molecule has 0 atom stereocenters. The molecule has 0 radical (unpaired) electrons. The third-order valence-corrected chi connectivity index (χ3v) is 2.53. The Morgan fingerprint density at radius 2 is 2.06 bits per heavy atom. The van der Waals surface area contributed by atoms with Gasteiger partial charge in [-0.25, -0.2) is 0 Å². The van der Waals surface area contributed by atoms with E-state index in [4.69, 9.17) is 0 Å². The number of hydrogen-bond acceptors (Lipinski definition) is 4. The van der Waals surface area contributed by atoms with Crippen LogP contribution >= 0.6 is 0 Å². The monoisotopic (exact) mass is 239 g/mol. The van der Waals surface area contributed by atoms with E-state index < -0.39 is 5.97 Å². The average molecular weight is 239 g/mol. The fraction of sp³-hybridized carbons (Fsp3) is 0.545. The van der Waals surface area contributed by atoms with E-state index in [-0.39, 0.29) is 12.5 Å². The van der Waals surface area contributed by atoms with Crippen molar-refractivity contribution in [3.8, 4) is 0 Å². The summed E-state index contributed by atoms with van der Waals surface area (Å²) in [4.78, 5) is 22.8. The van der Waals surface area contributed by atoms with E-state index in [1.54, 1.807) is 11.6 Å². The van der Waals surface area contributed by atoms with Gasteiger partial charge in [0.05, 0.1) is 18.4 Å². The van der Waals surface area contributed by atoms with Crippen LogP contribution in [-0.4, -0.2) is 35.3 Å². The minimum atomic E-state index is -0.475. The van der Waals surface area contributed by atoms with E-state index in [9.17, 15) is 9.59 Å². The van der Waals surface area contributed by atoms with Crippen molar-refractivity contribution in [2.45, 2.75) is 27.3 Å². The molecule has 0 aliphatic heterocycles. The van der Waals surface area contributed by atoms with Crippen molar-refractivity contribution in [1.82, 2.24) is 15.1 Å². The number of aromatic nitrogens is 2. The third kappa shape index (κ3) is 2.83. The summed E-state index contributed by atoms with van der Waals surface area (Å²) in [5.74, 6) is -0.776. The van der Waals surface area contributed by atoms with Gasteiger partial charge in [0.2, 0.25) is 0 Å². The fourth-order valence-electron chi connectivity index (χ4n) is 1.65. The average Bonchev–Trinajstić information content (AvgIpc) is 2.60. The first-order valence-electron chi connectivity index (χ1n) is 5.40. The number of ether oxygens (including phenoxy) is 1. The van der Waals surface area contributed by atoms with Gasteiger partial charge in [-0.1, -0.05) is 0 Å². The highest BCUT2D eigenvalue weighted by Gasteiger charge is 2.18. The normalized spacial score (nSPS) is 10.1. The molecule has 0 bridgehead atoms. The lowest BCUT2D eigenvalue weighted by Crippen LogP contribution is -2.30. The summed E-state index contributed by atoms with van der Waals surface area (Å²) in [6, 6.07) is 0. The lowest BCUT2D eigenvalue weighted by Gasteiger charge is -2.04. The van der Waals surface area contributed by atoms with Crippen molar-refractivity contribution in [2.24, 2.45) is 0 Å². The van der Waals surface area contributed by atoms with Crippen LogP contribution in [0.2, 0.25) is 0 Å². The molecule has 0 aromatic carbocycles. The van der Waals surface area contributed by atoms with Crippen LogP contribution in [0.4, 0.5) is 0 Å². The van der Waals surface area contributed by atoms with Gasteiger partial charge < -0.3 is 10.1 Å². The quantitative estimate of drug-likeness (QED) is 0.773. The molecule has 0 aliphatic rings. The second kappa shape index (κ2) is 5.47. The number of methoxy groups -OCH3 is 1. The van der Waals surface area contributed by atoms with Crippen molar-refractivity contribution < 1.29 is 14.3 Å². The van der Waals surface area contributed by atoms with Gasteiger partial charge in [-0.15, -0.1) is 0 Å². The second-order valence-corrected chi connectivity index (χ2v) is 3.62. The Balaban J connectivity index is 2.82. The van der Waals surface area contributed by atoms with Crippen LogP contribution < -0.4 is 5.32 Å². The maximum absolute atomic E-state index is 11.9. The highest BCUT2D eigenvalue weighted by atomic mass is 16.5.